The van der Waals surface area contributed by atoms with Crippen LogP contribution in [0.4, 0.5) is 10.2 Å². The molecule has 0 aliphatic rings. The maximum Gasteiger partial charge on any atom is 0.261 e. The Bertz CT molecular complexity index is 1820. The van der Waals surface area contributed by atoms with Gasteiger partial charge in [-0.1, -0.05) is 53.7 Å². The molecule has 0 saturated carbocycles. The number of fused-ring (bicyclic) bond motifs is 1. The van der Waals surface area contributed by atoms with Gasteiger partial charge in [-0.15, -0.1) is 0 Å². The number of nitrogens with zero attached hydrogens (tertiary/aromatic N) is 5. The number of H-pyrrole nitrogens is 1. The van der Waals surface area contributed by atoms with Crippen molar-refractivity contribution in [3.63, 3.8) is 0 Å². The molecule has 0 radical (unpaired) electrons. The highest BCUT2D eigenvalue weighted by Gasteiger charge is 2.20. The molecule has 45 heavy (non-hydrogen) atoms. The van der Waals surface area contributed by atoms with Gasteiger partial charge in [0, 0.05) is 37.5 Å². The predicted molar refractivity (Wildman–Crippen MR) is 178 cm³/mol. The first-order chi connectivity index (χ1) is 21.8. The Morgan fingerprint density at radius 2 is 1.64 bits per heavy atom. The van der Waals surface area contributed by atoms with Gasteiger partial charge in [0.05, 0.1) is 31.3 Å². The van der Waals surface area contributed by atoms with Gasteiger partial charge in [-0.3, -0.25) is 9.79 Å². The van der Waals surface area contributed by atoms with Gasteiger partial charge in [0.15, 0.2) is 16.1 Å². The molecule has 5 aromatic rings. The van der Waals surface area contributed by atoms with Crippen molar-refractivity contribution < 1.29 is 13.9 Å². The summed E-state index contributed by atoms with van der Waals surface area (Å²) in [4.78, 5) is 35.6. The number of aromatic amines is 1. The number of aliphatic imine (C=N–C) groups is 1. The maximum absolute atomic E-state index is 14.8. The Morgan fingerprint density at radius 1 is 1.02 bits per heavy atom. The second kappa shape index (κ2) is 14.5. The number of hydrogen-bond acceptors (Lipinski definition) is 9. The second-order valence-electron chi connectivity index (χ2n) is 10.1. The Labute approximate surface area is 269 Å². The average molecular weight is 647 g/mol. The van der Waals surface area contributed by atoms with E-state index in [1.165, 1.54) is 11.8 Å². The van der Waals surface area contributed by atoms with Crippen LogP contribution in [0.3, 0.4) is 0 Å². The van der Waals surface area contributed by atoms with Crippen LogP contribution in [0.1, 0.15) is 35.3 Å². The van der Waals surface area contributed by atoms with Gasteiger partial charge in [0.1, 0.15) is 22.8 Å². The number of hydrogen-bond donors (Lipinski definition) is 1. The van der Waals surface area contributed by atoms with Crippen molar-refractivity contribution in [1.82, 2.24) is 19.9 Å². The van der Waals surface area contributed by atoms with Crippen LogP contribution in [-0.2, 0) is 19.5 Å². The molecule has 3 aromatic heterocycles. The standard InChI is InChI=1S/C33H32ClFN6O3S/c1-20(36-17-15-26-27-29(28(35)30(34)38-26)39-33(45-4)40-32(27)42)25-6-5-16-37-31(25)41(18-21-7-11-23(43-2)12-8-21)19-22-9-13-24(44-3)14-10-22/h5-14,16-17,20H,15,18-19H2,1-4H3,(H,39,40,42)/t20-/m1/s1. The zero-order valence-electron chi connectivity index (χ0n) is 25.3. The van der Waals surface area contributed by atoms with E-state index in [1.807, 2.05) is 67.6 Å². The molecule has 9 nitrogen and oxygen atoms in total. The molecule has 0 unspecified atom stereocenters. The number of thioether (sulfide) groups is 1. The molecule has 1 atom stereocenters. The molecule has 0 spiro atoms. The number of ether oxygens (including phenoxy) is 2. The van der Waals surface area contributed by atoms with Crippen LogP contribution in [0.25, 0.3) is 10.9 Å². The van der Waals surface area contributed by atoms with Gasteiger partial charge in [-0.05, 0) is 54.6 Å². The van der Waals surface area contributed by atoms with Crippen molar-refractivity contribution in [2.45, 2.75) is 37.6 Å². The summed E-state index contributed by atoms with van der Waals surface area (Å²) in [5.74, 6) is 1.53. The van der Waals surface area contributed by atoms with E-state index in [4.69, 9.17) is 31.1 Å². The van der Waals surface area contributed by atoms with Crippen LogP contribution in [0.15, 0.2) is 81.8 Å². The van der Waals surface area contributed by atoms with Gasteiger partial charge >= 0.3 is 0 Å². The number of nitrogens with one attached hydrogen (secondary N) is 1. The first kappa shape index (κ1) is 31.9. The fourth-order valence-corrected chi connectivity index (χ4v) is 5.50. The third-order valence-electron chi connectivity index (χ3n) is 7.25. The highest BCUT2D eigenvalue weighted by molar-refractivity contribution is 7.98. The van der Waals surface area contributed by atoms with E-state index in [-0.39, 0.29) is 28.5 Å². The van der Waals surface area contributed by atoms with Gasteiger partial charge in [0.2, 0.25) is 0 Å². The number of anilines is 1. The van der Waals surface area contributed by atoms with E-state index in [0.29, 0.717) is 23.9 Å². The summed E-state index contributed by atoms with van der Waals surface area (Å²) >= 11 is 7.28. The highest BCUT2D eigenvalue weighted by atomic mass is 35.5. The largest absolute Gasteiger partial charge is 0.497 e. The molecule has 0 aliphatic carbocycles. The van der Waals surface area contributed by atoms with Gasteiger partial charge in [-0.2, -0.15) is 0 Å². The number of halogens is 2. The number of aromatic nitrogens is 4. The Kier molecular flexibility index (Phi) is 10.3. The lowest BCUT2D eigenvalue weighted by Crippen LogP contribution is -2.24. The minimum atomic E-state index is -0.823. The van der Waals surface area contributed by atoms with E-state index in [0.717, 1.165) is 34.0 Å². The van der Waals surface area contributed by atoms with Crippen LogP contribution < -0.4 is 19.9 Å². The van der Waals surface area contributed by atoms with Crippen LogP contribution in [0.5, 0.6) is 11.5 Å². The minimum absolute atomic E-state index is 0.0565. The van der Waals surface area contributed by atoms with E-state index in [9.17, 15) is 9.18 Å². The van der Waals surface area contributed by atoms with E-state index in [1.54, 1.807) is 32.9 Å². The molecule has 0 saturated heterocycles. The number of rotatable bonds is 12. The molecule has 0 bridgehead atoms. The summed E-state index contributed by atoms with van der Waals surface area (Å²) in [5, 5.41) is 0.00669. The SMILES string of the molecule is COc1ccc(CN(Cc2ccc(OC)cc2)c2ncccc2[C@@H](C)N=CCc2nc(Cl)c(F)c3nc(SC)[nH]c(=O)c23)cc1. The fraction of sp³-hybridized carbons (Fsp3) is 0.242. The molecule has 232 valence electrons. The number of pyridine rings is 2. The lowest BCUT2D eigenvalue weighted by Gasteiger charge is -2.27. The maximum atomic E-state index is 14.8. The Balaban J connectivity index is 1.45. The monoisotopic (exact) mass is 646 g/mol. The van der Waals surface area contributed by atoms with Crippen LogP contribution in [-0.4, -0.2) is 46.6 Å². The van der Waals surface area contributed by atoms with Gasteiger partial charge < -0.3 is 19.4 Å². The third kappa shape index (κ3) is 7.43. The van der Waals surface area contributed by atoms with E-state index >= 15 is 0 Å². The molecule has 3 heterocycles. The molecular formula is C33H32ClFN6O3S. The van der Waals surface area contributed by atoms with Crippen molar-refractivity contribution >= 4 is 46.3 Å². The van der Waals surface area contributed by atoms with Gasteiger partial charge in [-0.25, -0.2) is 19.3 Å². The Morgan fingerprint density at radius 3 is 2.22 bits per heavy atom. The lowest BCUT2D eigenvalue weighted by atomic mass is 10.1. The van der Waals surface area contributed by atoms with Crippen molar-refractivity contribution in [1.29, 1.82) is 0 Å². The second-order valence-corrected chi connectivity index (χ2v) is 11.3. The molecule has 1 N–H and O–H groups in total. The third-order valence-corrected chi connectivity index (χ3v) is 8.08. The smallest absolute Gasteiger partial charge is 0.261 e. The summed E-state index contributed by atoms with van der Waals surface area (Å²) in [5.41, 5.74) is 2.79. The van der Waals surface area contributed by atoms with Crippen LogP contribution in [0.2, 0.25) is 5.15 Å². The zero-order chi connectivity index (χ0) is 31.9. The average Bonchev–Trinajstić information content (AvgIpc) is 3.07. The minimum Gasteiger partial charge on any atom is -0.497 e. The first-order valence-corrected chi connectivity index (χ1v) is 15.7. The zero-order valence-corrected chi connectivity index (χ0v) is 26.8. The van der Waals surface area contributed by atoms with Gasteiger partial charge in [0.25, 0.3) is 5.56 Å². The van der Waals surface area contributed by atoms with E-state index < -0.39 is 11.4 Å². The quantitative estimate of drug-likeness (QED) is 0.0681. The van der Waals surface area contributed by atoms with Crippen molar-refractivity contribution in [2.24, 2.45) is 4.99 Å². The molecule has 2 aromatic carbocycles. The highest BCUT2D eigenvalue weighted by Crippen LogP contribution is 2.30. The topological polar surface area (TPSA) is 106 Å². The molecule has 12 heteroatoms. The van der Waals surface area contributed by atoms with Crippen molar-refractivity contribution in [3.05, 3.63) is 111 Å². The molecular weight excluding hydrogens is 615 g/mol. The van der Waals surface area contributed by atoms with Crippen molar-refractivity contribution in [2.75, 3.05) is 25.4 Å². The summed E-state index contributed by atoms with van der Waals surface area (Å²) in [7, 11) is 3.29. The Hall–Kier alpha value is -4.48. The molecule has 0 amide bonds. The molecule has 5 rings (SSSR count). The van der Waals surface area contributed by atoms with Crippen LogP contribution >= 0.6 is 23.4 Å². The summed E-state index contributed by atoms with van der Waals surface area (Å²) in [6.07, 6.45) is 5.32. The summed E-state index contributed by atoms with van der Waals surface area (Å²) < 4.78 is 25.5. The van der Waals surface area contributed by atoms with Crippen molar-refractivity contribution in [3.8, 4) is 11.5 Å². The number of methoxy groups -OCH3 is 2. The normalized spacial score (nSPS) is 12.0. The van der Waals surface area contributed by atoms with E-state index in [2.05, 4.69) is 19.9 Å². The number of benzene rings is 2. The summed E-state index contributed by atoms with van der Waals surface area (Å²) in [6, 6.07) is 19.5. The summed E-state index contributed by atoms with van der Waals surface area (Å²) in [6.45, 7) is 3.15. The molecule has 0 aliphatic heterocycles. The first-order valence-electron chi connectivity index (χ1n) is 14.1. The predicted octanol–water partition coefficient (Wildman–Crippen LogP) is 6.83. The molecule has 0 fully saturated rings. The fourth-order valence-electron chi connectivity index (χ4n) is 4.93. The lowest BCUT2D eigenvalue weighted by molar-refractivity contribution is 0.414. The van der Waals surface area contributed by atoms with Crippen LogP contribution in [0, 0.1) is 5.82 Å².